The summed E-state index contributed by atoms with van der Waals surface area (Å²) in [5.41, 5.74) is 4.50. The molecule has 2 aromatic carbocycles. The number of primary amides is 1. The van der Waals surface area contributed by atoms with E-state index in [1.807, 2.05) is 0 Å². The van der Waals surface area contributed by atoms with E-state index in [2.05, 4.69) is 0 Å². The number of ketones is 4. The lowest BCUT2D eigenvalue weighted by atomic mass is 9.52. The number of aliphatic hydroxyl groups is 1. The molecule has 3 aliphatic rings. The number of benzene rings is 2. The van der Waals surface area contributed by atoms with E-state index in [1.54, 1.807) is 25.1 Å². The van der Waals surface area contributed by atoms with Gasteiger partial charge in [-0.05, 0) is 80.2 Å². The summed E-state index contributed by atoms with van der Waals surface area (Å²) in [6, 6.07) is 6.24. The number of hydrogen-bond donors (Lipinski definition) is 3. The molecule has 9 nitrogen and oxygen atoms in total. The number of carbonyl (C=O) groups excluding carboxylic acids is 5. The molecule has 2 fully saturated rings. The molecule has 6 atom stereocenters. The molecule has 0 saturated heterocycles. The SMILES string of the molecule is Cc1cc(-c2ccc(O)c3c2C[C@@H]2C[C@@H]4[C@@H](N(C)C)C(=O)C(C(N)=O)C(=O)[C@]4(O)C(=O)C2C3=O)ccc1F. The van der Waals surface area contributed by atoms with Crippen molar-refractivity contribution in [1.29, 1.82) is 0 Å². The van der Waals surface area contributed by atoms with Crippen molar-refractivity contribution in [1.82, 2.24) is 4.90 Å². The van der Waals surface area contributed by atoms with Crippen LogP contribution in [0.15, 0.2) is 30.3 Å². The first-order valence-corrected chi connectivity index (χ1v) is 12.3. The number of nitrogens with two attached hydrogens (primary N) is 1. The van der Waals surface area contributed by atoms with Gasteiger partial charge in [0.2, 0.25) is 5.91 Å². The quantitative estimate of drug-likeness (QED) is 0.504. The van der Waals surface area contributed by atoms with Crippen LogP contribution in [0, 0.1) is 36.4 Å². The minimum atomic E-state index is -2.77. The molecule has 5 rings (SSSR count). The fourth-order valence-electron chi connectivity index (χ4n) is 6.69. The Labute approximate surface area is 217 Å². The molecule has 0 heterocycles. The number of hydrogen-bond acceptors (Lipinski definition) is 8. The van der Waals surface area contributed by atoms with Crippen LogP contribution in [-0.4, -0.2) is 69.9 Å². The number of likely N-dealkylation sites (N-methyl/N-ethyl adjacent to an activating group) is 1. The standard InChI is InChI=1S/C28H27FN2O7/c1-11-8-12(4-6-17(11)29)14-5-7-18(32)20-15(14)9-13-10-16-22(31(2)3)24(34)21(27(30)37)26(36)28(16,38)25(35)19(13)23(20)33/h4-8,13,16,19,21-22,32,38H,9-10H2,1-3H3,(H2,30,37)/t13-,16-,19?,21?,22-,28-/m1/s1. The molecule has 198 valence electrons. The van der Waals surface area contributed by atoms with E-state index >= 15 is 0 Å². The molecule has 1 amide bonds. The molecule has 0 aliphatic heterocycles. The van der Waals surface area contributed by atoms with Crippen LogP contribution in [0.3, 0.4) is 0 Å². The van der Waals surface area contributed by atoms with Gasteiger partial charge in [0.05, 0.1) is 17.5 Å². The molecule has 2 saturated carbocycles. The van der Waals surface area contributed by atoms with Crippen molar-refractivity contribution in [3.63, 3.8) is 0 Å². The molecule has 0 bridgehead atoms. The summed E-state index contributed by atoms with van der Waals surface area (Å²) in [5, 5.41) is 22.3. The molecule has 0 radical (unpaired) electrons. The van der Waals surface area contributed by atoms with Crippen LogP contribution in [-0.2, 0) is 25.6 Å². The number of aryl methyl sites for hydroxylation is 1. The Hall–Kier alpha value is -3.76. The summed E-state index contributed by atoms with van der Waals surface area (Å²) in [7, 11) is 3.06. The van der Waals surface area contributed by atoms with Crippen molar-refractivity contribution in [2.45, 2.75) is 31.4 Å². The van der Waals surface area contributed by atoms with Crippen molar-refractivity contribution < 1.29 is 38.6 Å². The third-order valence-corrected chi connectivity index (χ3v) is 8.41. The average Bonchev–Trinajstić information content (AvgIpc) is 2.83. The highest BCUT2D eigenvalue weighted by atomic mass is 19.1. The third kappa shape index (κ3) is 3.40. The van der Waals surface area contributed by atoms with Gasteiger partial charge in [-0.1, -0.05) is 12.1 Å². The summed E-state index contributed by atoms with van der Waals surface area (Å²) < 4.78 is 13.9. The fraction of sp³-hybridized carbons (Fsp3) is 0.393. The number of phenols is 1. The predicted molar refractivity (Wildman–Crippen MR) is 131 cm³/mol. The van der Waals surface area contributed by atoms with E-state index in [1.165, 1.54) is 31.1 Å². The van der Waals surface area contributed by atoms with E-state index in [0.717, 1.165) is 0 Å². The normalized spacial score (nSPS) is 30.6. The Morgan fingerprint density at radius 1 is 1.11 bits per heavy atom. The number of rotatable bonds is 3. The van der Waals surface area contributed by atoms with E-state index in [4.69, 9.17) is 5.73 Å². The highest BCUT2D eigenvalue weighted by Gasteiger charge is 2.69. The van der Waals surface area contributed by atoms with Gasteiger partial charge in [0.1, 0.15) is 11.6 Å². The fourth-order valence-corrected chi connectivity index (χ4v) is 6.69. The van der Waals surface area contributed by atoms with Gasteiger partial charge in [-0.25, -0.2) is 4.39 Å². The number of carbonyl (C=O) groups is 5. The monoisotopic (exact) mass is 522 g/mol. The van der Waals surface area contributed by atoms with Crippen LogP contribution in [0.1, 0.15) is 27.9 Å². The second-order valence-corrected chi connectivity index (χ2v) is 10.7. The Kier molecular flexibility index (Phi) is 5.88. The van der Waals surface area contributed by atoms with Gasteiger partial charge in [-0.3, -0.25) is 28.9 Å². The zero-order valence-electron chi connectivity index (χ0n) is 21.0. The maximum atomic E-state index is 13.9. The largest absolute Gasteiger partial charge is 0.507 e. The number of Topliss-reactive ketones (excluding diaryl/α,β-unsaturated/α-hetero) is 4. The smallest absolute Gasteiger partial charge is 0.235 e. The number of nitrogens with zero attached hydrogens (tertiary/aromatic N) is 1. The summed E-state index contributed by atoms with van der Waals surface area (Å²) in [6.45, 7) is 1.60. The maximum Gasteiger partial charge on any atom is 0.235 e. The Bertz CT molecular complexity index is 1450. The lowest BCUT2D eigenvalue weighted by molar-refractivity contribution is -0.181. The zero-order valence-corrected chi connectivity index (χ0v) is 21.0. The molecule has 38 heavy (non-hydrogen) atoms. The molecular formula is C28H27FN2O7. The highest BCUT2D eigenvalue weighted by molar-refractivity contribution is 6.32. The van der Waals surface area contributed by atoms with Gasteiger partial charge < -0.3 is 15.9 Å². The van der Waals surface area contributed by atoms with E-state index in [-0.39, 0.29) is 24.2 Å². The first kappa shape index (κ1) is 25.9. The summed E-state index contributed by atoms with van der Waals surface area (Å²) >= 11 is 0. The number of phenolic OH excluding ortho intramolecular Hbond substituents is 1. The number of amides is 1. The van der Waals surface area contributed by atoms with Crippen molar-refractivity contribution in [2.24, 2.45) is 29.4 Å². The second-order valence-electron chi connectivity index (χ2n) is 10.7. The number of halogens is 1. The minimum Gasteiger partial charge on any atom is -0.507 e. The topological polar surface area (TPSA) is 155 Å². The van der Waals surface area contributed by atoms with Crippen LogP contribution in [0.2, 0.25) is 0 Å². The van der Waals surface area contributed by atoms with Gasteiger partial charge in [0.15, 0.2) is 34.7 Å². The van der Waals surface area contributed by atoms with Crippen molar-refractivity contribution in [3.8, 4) is 16.9 Å². The minimum absolute atomic E-state index is 0.0402. The molecular weight excluding hydrogens is 495 g/mol. The lowest BCUT2D eigenvalue weighted by Gasteiger charge is -2.52. The Morgan fingerprint density at radius 3 is 2.39 bits per heavy atom. The summed E-state index contributed by atoms with van der Waals surface area (Å²) in [6.07, 6.45) is 0.0907. The van der Waals surface area contributed by atoms with Gasteiger partial charge in [0, 0.05) is 5.92 Å². The second kappa shape index (κ2) is 8.64. The maximum absolute atomic E-state index is 13.9. The average molecular weight is 523 g/mol. The van der Waals surface area contributed by atoms with Crippen LogP contribution in [0.5, 0.6) is 5.75 Å². The van der Waals surface area contributed by atoms with E-state index < -0.39 is 70.2 Å². The molecule has 2 unspecified atom stereocenters. The van der Waals surface area contributed by atoms with Gasteiger partial charge in [-0.2, -0.15) is 0 Å². The van der Waals surface area contributed by atoms with Crippen LogP contribution >= 0.6 is 0 Å². The first-order valence-electron chi connectivity index (χ1n) is 12.3. The van der Waals surface area contributed by atoms with Crippen molar-refractivity contribution >= 4 is 29.0 Å². The van der Waals surface area contributed by atoms with Crippen LogP contribution in [0.4, 0.5) is 4.39 Å². The number of fused-ring (bicyclic) bond motifs is 3. The van der Waals surface area contributed by atoms with Crippen LogP contribution < -0.4 is 5.73 Å². The van der Waals surface area contributed by atoms with Gasteiger partial charge in [-0.15, -0.1) is 0 Å². The first-order chi connectivity index (χ1) is 17.8. The van der Waals surface area contributed by atoms with Crippen molar-refractivity contribution in [2.75, 3.05) is 14.1 Å². The molecule has 4 N–H and O–H groups in total. The predicted octanol–water partition coefficient (Wildman–Crippen LogP) is 0.982. The third-order valence-electron chi connectivity index (χ3n) is 8.41. The highest BCUT2D eigenvalue weighted by Crippen LogP contribution is 2.51. The van der Waals surface area contributed by atoms with Crippen molar-refractivity contribution in [3.05, 3.63) is 52.8 Å². The summed E-state index contributed by atoms with van der Waals surface area (Å²) in [5.74, 6) is -11.4. The number of aromatic hydroxyl groups is 1. The van der Waals surface area contributed by atoms with Gasteiger partial charge in [0.25, 0.3) is 0 Å². The lowest BCUT2D eigenvalue weighted by Crippen LogP contribution is -2.74. The zero-order chi connectivity index (χ0) is 27.8. The van der Waals surface area contributed by atoms with E-state index in [9.17, 15) is 38.6 Å². The molecule has 10 heteroatoms. The summed E-state index contributed by atoms with van der Waals surface area (Å²) in [4.78, 5) is 67.6. The molecule has 0 spiro atoms. The van der Waals surface area contributed by atoms with Crippen LogP contribution in [0.25, 0.3) is 11.1 Å². The van der Waals surface area contributed by atoms with Gasteiger partial charge >= 0.3 is 0 Å². The molecule has 2 aromatic rings. The molecule has 0 aromatic heterocycles. The Balaban J connectivity index is 1.66. The Morgan fingerprint density at radius 2 is 1.79 bits per heavy atom. The molecule has 3 aliphatic carbocycles. The van der Waals surface area contributed by atoms with E-state index in [0.29, 0.717) is 22.3 Å².